The number of nitrogens with one attached hydrogen (secondary N) is 1. The number of hydrogen-bond donors (Lipinski definition) is 4. The molecule has 9 nitrogen and oxygen atoms in total. The number of phenolic OH excluding ortho intramolecular Hbond substituents is 1. The molecule has 244 valence electrons. The van der Waals surface area contributed by atoms with Crippen LogP contribution in [0.2, 0.25) is 0 Å². The van der Waals surface area contributed by atoms with E-state index in [9.17, 15) is 19.8 Å². The minimum atomic E-state index is -0.519. The molecule has 9 heteroatoms. The Balaban J connectivity index is 1.59. The number of aryl methyl sites for hydroxylation is 1. The van der Waals surface area contributed by atoms with Gasteiger partial charge in [0.2, 0.25) is 0 Å². The van der Waals surface area contributed by atoms with E-state index in [1.165, 1.54) is 33.8 Å². The molecule has 0 aromatic heterocycles. The summed E-state index contributed by atoms with van der Waals surface area (Å²) in [6, 6.07) is 3.48. The summed E-state index contributed by atoms with van der Waals surface area (Å²) >= 11 is 0. The van der Waals surface area contributed by atoms with Gasteiger partial charge in [0.15, 0.2) is 11.5 Å². The van der Waals surface area contributed by atoms with Crippen molar-refractivity contribution in [1.29, 1.82) is 0 Å². The van der Waals surface area contributed by atoms with Crippen molar-refractivity contribution in [2.45, 2.75) is 104 Å². The third-order valence-corrected chi connectivity index (χ3v) is 9.85. The molecule has 4 rings (SSSR count). The molecule has 1 aromatic carbocycles. The monoisotopic (exact) mass is 612 g/mol. The zero-order chi connectivity index (χ0) is 32.0. The molecule has 0 radical (unpaired) electrons. The van der Waals surface area contributed by atoms with E-state index < -0.39 is 24.3 Å². The Bertz CT molecular complexity index is 1230. The predicted molar refractivity (Wildman–Crippen MR) is 169 cm³/mol. The van der Waals surface area contributed by atoms with Gasteiger partial charge in [0, 0.05) is 26.8 Å². The third-order valence-electron chi connectivity index (χ3n) is 9.85. The number of carbonyl (C=O) groups excluding carboxylic acids is 2. The number of carbonyl (C=O) groups is 2. The van der Waals surface area contributed by atoms with Crippen LogP contribution in [0.1, 0.15) is 90.2 Å². The molecule has 1 aromatic rings. The van der Waals surface area contributed by atoms with Crippen molar-refractivity contribution in [2.75, 3.05) is 13.7 Å². The Morgan fingerprint density at radius 1 is 1.07 bits per heavy atom. The number of rotatable bonds is 11. The van der Waals surface area contributed by atoms with E-state index in [-0.39, 0.29) is 17.6 Å². The fourth-order valence-electron chi connectivity index (χ4n) is 7.95. The van der Waals surface area contributed by atoms with Gasteiger partial charge in [0.1, 0.15) is 12.2 Å². The number of aromatic hydroxyl groups is 1. The van der Waals surface area contributed by atoms with Crippen molar-refractivity contribution in [3.63, 3.8) is 0 Å². The first-order chi connectivity index (χ1) is 20.9. The van der Waals surface area contributed by atoms with Crippen molar-refractivity contribution in [1.82, 2.24) is 5.32 Å². The summed E-state index contributed by atoms with van der Waals surface area (Å²) in [5, 5.41) is 24.7. The third kappa shape index (κ3) is 8.93. The topological polar surface area (TPSA) is 140 Å². The number of dihydropyridines is 1. The summed E-state index contributed by atoms with van der Waals surface area (Å²) in [6.45, 7) is 7.97. The molecule has 5 N–H and O–H groups in total. The molecule has 0 amide bonds. The number of phenols is 1. The summed E-state index contributed by atoms with van der Waals surface area (Å²) in [7, 11) is 1.51. The zero-order valence-corrected chi connectivity index (χ0v) is 27.0. The first kappa shape index (κ1) is 33.7. The van der Waals surface area contributed by atoms with Crippen molar-refractivity contribution in [2.24, 2.45) is 35.3 Å². The van der Waals surface area contributed by atoms with Gasteiger partial charge in [-0.05, 0) is 109 Å². The predicted octanol–water partition coefficient (Wildman–Crippen LogP) is 5.22. The Kier molecular flexibility index (Phi) is 11.6. The summed E-state index contributed by atoms with van der Waals surface area (Å²) in [4.78, 5) is 24.7. The fraction of sp³-hybridized carbons (Fsp3) is 0.657. The maximum absolute atomic E-state index is 12.4. The van der Waals surface area contributed by atoms with Gasteiger partial charge >= 0.3 is 11.9 Å². The number of aliphatic hydroxyl groups excluding tert-OH is 1. The van der Waals surface area contributed by atoms with Crippen LogP contribution in [0.5, 0.6) is 11.5 Å². The van der Waals surface area contributed by atoms with Crippen LogP contribution in [0.4, 0.5) is 0 Å². The molecule has 2 fully saturated rings. The van der Waals surface area contributed by atoms with E-state index >= 15 is 0 Å². The molecule has 2 saturated carbocycles. The number of ether oxygens (including phenoxy) is 3. The highest BCUT2D eigenvalue weighted by Gasteiger charge is 2.40. The van der Waals surface area contributed by atoms with Crippen LogP contribution < -0.4 is 15.8 Å². The molecule has 7 atom stereocenters. The van der Waals surface area contributed by atoms with Crippen molar-refractivity contribution < 1.29 is 34.0 Å². The molecule has 44 heavy (non-hydrogen) atoms. The largest absolute Gasteiger partial charge is 0.504 e. The lowest BCUT2D eigenvalue weighted by Gasteiger charge is -2.44. The molecular weight excluding hydrogens is 560 g/mol. The molecule has 0 spiro atoms. The van der Waals surface area contributed by atoms with Crippen LogP contribution in [-0.4, -0.2) is 54.1 Å². The number of nitrogens with two attached hydrogens (primary N) is 1. The van der Waals surface area contributed by atoms with Gasteiger partial charge in [-0.2, -0.15) is 0 Å². The first-order valence-electron chi connectivity index (χ1n) is 16.3. The molecule has 2 bridgehead atoms. The minimum absolute atomic E-state index is 0.0246. The van der Waals surface area contributed by atoms with Crippen LogP contribution in [0.15, 0.2) is 30.1 Å². The lowest BCUT2D eigenvalue weighted by Crippen LogP contribution is -2.40. The SMILES string of the molecule is COc1cc(CCC(CC(OC(C)=O)C2CC(O)CC3CCC(C(C)C)C(C3)C2)OC(C)=O)c(C2=CCNC(N)=C2)cc1O. The number of aliphatic hydroxyl groups is 1. The van der Waals surface area contributed by atoms with E-state index in [1.807, 2.05) is 18.2 Å². The van der Waals surface area contributed by atoms with E-state index in [0.717, 1.165) is 36.0 Å². The van der Waals surface area contributed by atoms with Crippen LogP contribution in [0, 0.1) is 29.6 Å². The standard InChI is InChI=1S/C35H52N2O7/c1-20(2)30-9-6-23-12-26(30)14-27(15-28(40)13-23)33(44-22(4)39)18-29(43-21(3)38)8-7-24-16-34(42-5)32(41)19-31(24)25-10-11-37-35(36)17-25/h10,16-17,19-20,23,26-30,33,37,40-41H,6-9,11-15,18,36H2,1-5H3. The van der Waals surface area contributed by atoms with Gasteiger partial charge in [-0.1, -0.05) is 26.3 Å². The normalized spacial score (nSPS) is 26.7. The van der Waals surface area contributed by atoms with Gasteiger partial charge < -0.3 is 35.5 Å². The highest BCUT2D eigenvalue weighted by Crippen LogP contribution is 2.46. The smallest absolute Gasteiger partial charge is 0.302 e. The number of benzene rings is 1. The summed E-state index contributed by atoms with van der Waals surface area (Å²) < 4.78 is 17.2. The molecule has 3 aliphatic rings. The average Bonchev–Trinajstić information content (AvgIpc) is 2.94. The second-order valence-electron chi connectivity index (χ2n) is 13.4. The Morgan fingerprint density at radius 2 is 1.82 bits per heavy atom. The lowest BCUT2D eigenvalue weighted by atomic mass is 9.63. The van der Waals surface area contributed by atoms with E-state index in [4.69, 9.17) is 19.9 Å². The summed E-state index contributed by atoms with van der Waals surface area (Å²) in [6.07, 6.45) is 9.40. The molecule has 0 saturated heterocycles. The Hall–Kier alpha value is -3.20. The van der Waals surface area contributed by atoms with Gasteiger partial charge in [0.25, 0.3) is 0 Å². The molecular formula is C35H52N2O7. The average molecular weight is 613 g/mol. The van der Waals surface area contributed by atoms with Gasteiger partial charge in [-0.15, -0.1) is 0 Å². The van der Waals surface area contributed by atoms with E-state index in [1.54, 1.807) is 6.07 Å². The number of esters is 2. The van der Waals surface area contributed by atoms with Crippen molar-refractivity contribution >= 4 is 17.5 Å². The van der Waals surface area contributed by atoms with Gasteiger partial charge in [0.05, 0.1) is 19.0 Å². The quantitative estimate of drug-likeness (QED) is 0.248. The fourth-order valence-corrected chi connectivity index (χ4v) is 7.95. The number of fused-ring (bicyclic) bond motifs is 2. The number of methoxy groups -OCH3 is 1. The van der Waals surface area contributed by atoms with E-state index in [2.05, 4.69) is 19.2 Å². The highest BCUT2D eigenvalue weighted by atomic mass is 16.6. The molecule has 1 aliphatic heterocycles. The van der Waals surface area contributed by atoms with Crippen LogP contribution >= 0.6 is 0 Å². The van der Waals surface area contributed by atoms with E-state index in [0.29, 0.717) is 67.5 Å². The van der Waals surface area contributed by atoms with Gasteiger partial charge in [-0.3, -0.25) is 9.59 Å². The minimum Gasteiger partial charge on any atom is -0.504 e. The lowest BCUT2D eigenvalue weighted by molar-refractivity contribution is -0.157. The summed E-state index contributed by atoms with van der Waals surface area (Å²) in [5.41, 5.74) is 8.65. The maximum Gasteiger partial charge on any atom is 0.302 e. The highest BCUT2D eigenvalue weighted by molar-refractivity contribution is 5.79. The second-order valence-corrected chi connectivity index (χ2v) is 13.4. The number of hydrogen-bond acceptors (Lipinski definition) is 9. The van der Waals surface area contributed by atoms with Crippen LogP contribution in [0.3, 0.4) is 0 Å². The maximum atomic E-state index is 12.4. The summed E-state index contributed by atoms with van der Waals surface area (Å²) in [5.74, 6) is 2.36. The Labute approximate surface area is 262 Å². The first-order valence-corrected chi connectivity index (χ1v) is 16.3. The molecule has 2 aliphatic carbocycles. The molecule has 1 heterocycles. The van der Waals surface area contributed by atoms with Crippen LogP contribution in [0.25, 0.3) is 5.57 Å². The zero-order valence-electron chi connectivity index (χ0n) is 27.0. The van der Waals surface area contributed by atoms with Crippen LogP contribution in [-0.2, 0) is 25.5 Å². The Morgan fingerprint density at radius 3 is 2.48 bits per heavy atom. The van der Waals surface area contributed by atoms with Crippen molar-refractivity contribution in [3.05, 3.63) is 41.2 Å². The molecule has 7 unspecified atom stereocenters. The van der Waals surface area contributed by atoms with Gasteiger partial charge in [-0.25, -0.2) is 0 Å². The number of allylic oxidation sites excluding steroid dienone is 2. The van der Waals surface area contributed by atoms with Crippen molar-refractivity contribution in [3.8, 4) is 11.5 Å². The second kappa shape index (κ2) is 15.2.